The molecule has 0 aliphatic heterocycles. The lowest BCUT2D eigenvalue weighted by Gasteiger charge is -2.25. The minimum Gasteiger partial charge on any atom is -0.365 e. The molecule has 1 aliphatic rings. The summed E-state index contributed by atoms with van der Waals surface area (Å²) in [5.41, 5.74) is 0.0437. The Kier molecular flexibility index (Phi) is 2.99. The Labute approximate surface area is 95.5 Å². The van der Waals surface area contributed by atoms with E-state index in [2.05, 4.69) is 22.2 Å². The molecule has 1 aromatic heterocycles. The van der Waals surface area contributed by atoms with Gasteiger partial charge in [0.25, 0.3) is 5.56 Å². The molecule has 0 bridgehead atoms. The maximum absolute atomic E-state index is 11.4. The molecule has 0 amide bonds. The quantitative estimate of drug-likeness (QED) is 0.821. The van der Waals surface area contributed by atoms with E-state index in [0.717, 1.165) is 25.1 Å². The highest BCUT2D eigenvalue weighted by molar-refractivity contribution is 5.36. The highest BCUT2D eigenvalue weighted by Gasteiger charge is 2.28. The molecular weight excluding hydrogens is 202 g/mol. The van der Waals surface area contributed by atoms with E-state index in [1.165, 1.54) is 12.8 Å². The summed E-state index contributed by atoms with van der Waals surface area (Å²) in [4.78, 5) is 18.5. The van der Waals surface area contributed by atoms with Gasteiger partial charge in [-0.2, -0.15) is 0 Å². The number of aryl methyl sites for hydroxylation is 1. The van der Waals surface area contributed by atoms with Crippen LogP contribution in [0.3, 0.4) is 0 Å². The largest absolute Gasteiger partial charge is 0.365 e. The van der Waals surface area contributed by atoms with E-state index in [-0.39, 0.29) is 11.1 Å². The molecule has 0 radical (unpaired) electrons. The first-order valence-corrected chi connectivity index (χ1v) is 6.00. The smallest absolute Gasteiger partial charge is 0.252 e. The zero-order valence-corrected chi connectivity index (χ0v) is 9.97. The number of aromatic nitrogens is 2. The van der Waals surface area contributed by atoms with Crippen LogP contribution in [0, 0.1) is 0 Å². The summed E-state index contributed by atoms with van der Waals surface area (Å²) >= 11 is 0. The van der Waals surface area contributed by atoms with Gasteiger partial charge in [0.05, 0.1) is 0 Å². The molecule has 0 unspecified atom stereocenters. The predicted molar refractivity (Wildman–Crippen MR) is 64.7 cm³/mol. The molecule has 88 valence electrons. The average molecular weight is 221 g/mol. The van der Waals surface area contributed by atoms with Crippen LogP contribution in [0.5, 0.6) is 0 Å². The van der Waals surface area contributed by atoms with Gasteiger partial charge in [-0.05, 0) is 19.8 Å². The van der Waals surface area contributed by atoms with Gasteiger partial charge < -0.3 is 10.3 Å². The minimum atomic E-state index is -0.0732. The van der Waals surface area contributed by atoms with E-state index in [1.54, 1.807) is 6.07 Å². The van der Waals surface area contributed by atoms with Gasteiger partial charge in [0.2, 0.25) is 0 Å². The van der Waals surface area contributed by atoms with Crippen molar-refractivity contribution >= 4 is 5.82 Å². The number of rotatable bonds is 3. The van der Waals surface area contributed by atoms with E-state index in [1.807, 2.05) is 6.92 Å². The summed E-state index contributed by atoms with van der Waals surface area (Å²) in [6.45, 7) is 4.19. The predicted octanol–water partition coefficient (Wildman–Crippen LogP) is 2.08. The van der Waals surface area contributed by atoms with Crippen LogP contribution < -0.4 is 10.9 Å². The zero-order valence-electron chi connectivity index (χ0n) is 9.97. The summed E-state index contributed by atoms with van der Waals surface area (Å²) in [5, 5.41) is 3.40. The molecule has 4 nitrogen and oxygen atoms in total. The summed E-state index contributed by atoms with van der Waals surface area (Å²) in [5.74, 6) is 1.46. The molecule has 16 heavy (non-hydrogen) atoms. The molecule has 0 atom stereocenters. The van der Waals surface area contributed by atoms with Crippen LogP contribution in [0.25, 0.3) is 0 Å². The van der Waals surface area contributed by atoms with Crippen LogP contribution in [0.4, 0.5) is 5.82 Å². The Balaban J connectivity index is 2.20. The van der Waals surface area contributed by atoms with Crippen LogP contribution in [-0.2, 0) is 6.42 Å². The van der Waals surface area contributed by atoms with E-state index in [9.17, 15) is 4.79 Å². The molecule has 1 fully saturated rings. The second kappa shape index (κ2) is 4.28. The highest BCUT2D eigenvalue weighted by atomic mass is 16.1. The maximum atomic E-state index is 11.4. The van der Waals surface area contributed by atoms with Gasteiger partial charge >= 0.3 is 0 Å². The topological polar surface area (TPSA) is 57.8 Å². The first kappa shape index (κ1) is 11.2. The number of nitrogens with one attached hydrogen (secondary N) is 2. The van der Waals surface area contributed by atoms with Crippen molar-refractivity contribution in [2.24, 2.45) is 0 Å². The summed E-state index contributed by atoms with van der Waals surface area (Å²) in [6.07, 6.45) is 5.58. The van der Waals surface area contributed by atoms with Crippen LogP contribution >= 0.6 is 0 Å². The van der Waals surface area contributed by atoms with Gasteiger partial charge in [0, 0.05) is 18.0 Å². The fourth-order valence-electron chi connectivity index (χ4n) is 2.33. The van der Waals surface area contributed by atoms with E-state index < -0.39 is 0 Å². The Morgan fingerprint density at radius 1 is 1.50 bits per heavy atom. The van der Waals surface area contributed by atoms with Gasteiger partial charge in [0.15, 0.2) is 0 Å². The number of nitrogens with zero attached hydrogens (tertiary/aromatic N) is 1. The molecule has 0 spiro atoms. The van der Waals surface area contributed by atoms with Crippen LogP contribution in [-0.4, -0.2) is 15.5 Å². The van der Waals surface area contributed by atoms with Gasteiger partial charge in [-0.1, -0.05) is 19.8 Å². The Bertz CT molecular complexity index is 419. The van der Waals surface area contributed by atoms with Gasteiger partial charge in [0.1, 0.15) is 11.6 Å². The first-order chi connectivity index (χ1) is 7.61. The molecule has 2 N–H and O–H groups in total. The van der Waals surface area contributed by atoms with Gasteiger partial charge in [-0.25, -0.2) is 4.98 Å². The van der Waals surface area contributed by atoms with Crippen molar-refractivity contribution in [3.05, 3.63) is 22.2 Å². The second-order valence-corrected chi connectivity index (χ2v) is 4.82. The third kappa shape index (κ3) is 2.43. The third-order valence-corrected chi connectivity index (χ3v) is 3.26. The molecule has 0 saturated heterocycles. The number of aromatic amines is 1. The molecule has 0 aromatic carbocycles. The minimum absolute atomic E-state index is 0.0732. The molecule has 1 aliphatic carbocycles. The molecule has 2 rings (SSSR count). The Morgan fingerprint density at radius 3 is 2.81 bits per heavy atom. The lowest BCUT2D eigenvalue weighted by Crippen LogP contribution is -2.32. The van der Waals surface area contributed by atoms with E-state index in [0.29, 0.717) is 5.82 Å². The van der Waals surface area contributed by atoms with Crippen molar-refractivity contribution in [2.75, 3.05) is 5.32 Å². The van der Waals surface area contributed by atoms with Crippen molar-refractivity contribution in [3.8, 4) is 0 Å². The van der Waals surface area contributed by atoms with Crippen molar-refractivity contribution in [3.63, 3.8) is 0 Å². The Morgan fingerprint density at radius 2 is 2.19 bits per heavy atom. The number of H-pyrrole nitrogens is 1. The summed E-state index contributed by atoms with van der Waals surface area (Å²) < 4.78 is 0. The molecule has 1 saturated carbocycles. The SMILES string of the molecule is CCc1nc(NC2(C)CCCC2)cc(=O)[nH]1. The van der Waals surface area contributed by atoms with Crippen LogP contribution in [0.2, 0.25) is 0 Å². The molecular formula is C12H19N3O. The Hall–Kier alpha value is -1.32. The maximum Gasteiger partial charge on any atom is 0.252 e. The number of hydrogen-bond donors (Lipinski definition) is 2. The van der Waals surface area contributed by atoms with Crippen molar-refractivity contribution in [1.82, 2.24) is 9.97 Å². The molecule has 4 heteroatoms. The van der Waals surface area contributed by atoms with Crippen molar-refractivity contribution in [2.45, 2.75) is 51.5 Å². The lowest BCUT2D eigenvalue weighted by atomic mass is 10.0. The summed E-state index contributed by atoms with van der Waals surface area (Å²) in [7, 11) is 0. The third-order valence-electron chi connectivity index (χ3n) is 3.26. The second-order valence-electron chi connectivity index (χ2n) is 4.82. The van der Waals surface area contributed by atoms with Crippen molar-refractivity contribution in [1.29, 1.82) is 0 Å². The lowest BCUT2D eigenvalue weighted by molar-refractivity contribution is 0.530. The summed E-state index contributed by atoms with van der Waals surface area (Å²) in [6, 6.07) is 1.54. The molecule has 1 heterocycles. The van der Waals surface area contributed by atoms with Crippen LogP contribution in [0.15, 0.2) is 10.9 Å². The van der Waals surface area contributed by atoms with Gasteiger partial charge in [-0.3, -0.25) is 4.79 Å². The fourth-order valence-corrected chi connectivity index (χ4v) is 2.33. The number of anilines is 1. The normalized spacial score (nSPS) is 18.6. The first-order valence-electron chi connectivity index (χ1n) is 6.00. The van der Waals surface area contributed by atoms with Crippen molar-refractivity contribution < 1.29 is 0 Å². The molecule has 1 aromatic rings. The standard InChI is InChI=1S/C12H19N3O/c1-3-9-13-10(8-11(16)14-9)15-12(2)6-4-5-7-12/h8H,3-7H2,1-2H3,(H2,13,14,15,16). The van der Waals surface area contributed by atoms with Crippen LogP contribution in [0.1, 0.15) is 45.4 Å². The average Bonchev–Trinajstić information content (AvgIpc) is 2.63. The van der Waals surface area contributed by atoms with Gasteiger partial charge in [-0.15, -0.1) is 0 Å². The fraction of sp³-hybridized carbons (Fsp3) is 0.667. The van der Waals surface area contributed by atoms with E-state index >= 15 is 0 Å². The highest BCUT2D eigenvalue weighted by Crippen LogP contribution is 2.31. The zero-order chi connectivity index (χ0) is 11.6. The monoisotopic (exact) mass is 221 g/mol. The number of hydrogen-bond acceptors (Lipinski definition) is 3. The van der Waals surface area contributed by atoms with E-state index in [4.69, 9.17) is 0 Å².